The Balaban J connectivity index is 1.84. The lowest BCUT2D eigenvalue weighted by Crippen LogP contribution is -2.37. The van der Waals surface area contributed by atoms with Crippen LogP contribution in [0.5, 0.6) is 5.75 Å². The highest BCUT2D eigenvalue weighted by Gasteiger charge is 2.44. The molecule has 0 aliphatic heterocycles. The Morgan fingerprint density at radius 3 is 2.27 bits per heavy atom. The van der Waals surface area contributed by atoms with E-state index in [1.54, 1.807) is 30.5 Å². The molecule has 1 aliphatic carbocycles. The molecule has 0 saturated carbocycles. The zero-order valence-corrected chi connectivity index (χ0v) is 14.0. The fourth-order valence-corrected chi connectivity index (χ4v) is 3.56. The van der Waals surface area contributed by atoms with Gasteiger partial charge in [-0.05, 0) is 47.5 Å². The fraction of sp³-hybridized carbons (Fsp3) is 0.143. The average Bonchev–Trinajstić information content (AvgIpc) is 3.03. The van der Waals surface area contributed by atoms with Crippen molar-refractivity contribution in [2.75, 3.05) is 0 Å². The topological polar surface area (TPSA) is 65.2 Å². The summed E-state index contributed by atoms with van der Waals surface area (Å²) >= 11 is 0. The summed E-state index contributed by atoms with van der Waals surface area (Å²) in [6.45, 7) is 0. The van der Waals surface area contributed by atoms with Crippen LogP contribution in [0.25, 0.3) is 0 Å². The highest BCUT2D eigenvalue weighted by atomic mass is 19.1. The van der Waals surface area contributed by atoms with E-state index in [4.69, 9.17) is 10.5 Å². The molecule has 1 aromatic heterocycles. The highest BCUT2D eigenvalue weighted by molar-refractivity contribution is 5.94. The molecular weight excluding hydrogens is 331 g/mol. The third-order valence-electron chi connectivity index (χ3n) is 4.70. The second-order valence-electron chi connectivity index (χ2n) is 6.44. The maximum Gasteiger partial charge on any atom is 0.250 e. The lowest BCUT2D eigenvalue weighted by atomic mass is 9.91. The molecule has 1 heterocycles. The van der Waals surface area contributed by atoms with Crippen LogP contribution in [0, 0.1) is 5.82 Å². The maximum atomic E-state index is 13.3. The van der Waals surface area contributed by atoms with Crippen molar-refractivity contribution in [3.63, 3.8) is 0 Å². The minimum Gasteiger partial charge on any atom is -0.480 e. The van der Waals surface area contributed by atoms with Crippen molar-refractivity contribution in [3.8, 4) is 5.75 Å². The number of primary amides is 1. The third kappa shape index (κ3) is 2.81. The minimum absolute atomic E-state index is 0.336. The van der Waals surface area contributed by atoms with Crippen LogP contribution in [0.4, 0.5) is 4.39 Å². The Morgan fingerprint density at radius 1 is 1.00 bits per heavy atom. The summed E-state index contributed by atoms with van der Waals surface area (Å²) in [5.74, 6) is -0.372. The van der Waals surface area contributed by atoms with Crippen molar-refractivity contribution in [2.24, 2.45) is 5.73 Å². The van der Waals surface area contributed by atoms with Gasteiger partial charge in [0.05, 0.1) is 11.3 Å². The van der Waals surface area contributed by atoms with Crippen LogP contribution in [0.2, 0.25) is 0 Å². The van der Waals surface area contributed by atoms with Gasteiger partial charge in [0.15, 0.2) is 5.60 Å². The van der Waals surface area contributed by atoms with Gasteiger partial charge in [0.1, 0.15) is 11.6 Å². The van der Waals surface area contributed by atoms with Crippen molar-refractivity contribution >= 4 is 5.91 Å². The fourth-order valence-electron chi connectivity index (χ4n) is 3.56. The van der Waals surface area contributed by atoms with Crippen LogP contribution in [-0.4, -0.2) is 10.9 Å². The van der Waals surface area contributed by atoms with Gasteiger partial charge in [0.2, 0.25) is 0 Å². The Morgan fingerprint density at radius 2 is 1.65 bits per heavy atom. The number of benzene rings is 2. The smallest absolute Gasteiger partial charge is 0.250 e. The molecule has 26 heavy (non-hydrogen) atoms. The second-order valence-corrected chi connectivity index (χ2v) is 6.44. The number of carbonyl (C=O) groups excluding carboxylic acids is 1. The van der Waals surface area contributed by atoms with E-state index in [0.29, 0.717) is 29.8 Å². The van der Waals surface area contributed by atoms with E-state index in [2.05, 4.69) is 4.98 Å². The molecule has 0 radical (unpaired) electrons. The molecular formula is C21H17FN2O2. The Hall–Kier alpha value is -3.21. The highest BCUT2D eigenvalue weighted by Crippen LogP contribution is 2.41. The molecule has 130 valence electrons. The van der Waals surface area contributed by atoms with E-state index < -0.39 is 11.5 Å². The Bertz CT molecular complexity index is 945. The molecule has 0 bridgehead atoms. The van der Waals surface area contributed by atoms with Gasteiger partial charge in [-0.25, -0.2) is 4.39 Å². The summed E-state index contributed by atoms with van der Waals surface area (Å²) in [6, 6.07) is 17.2. The van der Waals surface area contributed by atoms with Gasteiger partial charge in [0.25, 0.3) is 5.91 Å². The van der Waals surface area contributed by atoms with Crippen molar-refractivity contribution in [2.45, 2.75) is 18.4 Å². The van der Waals surface area contributed by atoms with Gasteiger partial charge in [0, 0.05) is 19.0 Å². The van der Waals surface area contributed by atoms with Crippen LogP contribution >= 0.6 is 0 Å². The second kappa shape index (κ2) is 6.26. The van der Waals surface area contributed by atoms with E-state index in [9.17, 15) is 9.18 Å². The van der Waals surface area contributed by atoms with Crippen LogP contribution < -0.4 is 10.5 Å². The van der Waals surface area contributed by atoms with Gasteiger partial charge < -0.3 is 10.5 Å². The molecule has 0 spiro atoms. The molecule has 2 aromatic carbocycles. The molecule has 2 N–H and O–H groups in total. The largest absolute Gasteiger partial charge is 0.480 e. The summed E-state index contributed by atoms with van der Waals surface area (Å²) in [4.78, 5) is 16.4. The summed E-state index contributed by atoms with van der Waals surface area (Å²) in [7, 11) is 0. The van der Waals surface area contributed by atoms with Crippen LogP contribution in [0.1, 0.15) is 27.2 Å². The monoisotopic (exact) mass is 348 g/mol. The lowest BCUT2D eigenvalue weighted by molar-refractivity contribution is 0.0704. The van der Waals surface area contributed by atoms with Gasteiger partial charge in [-0.2, -0.15) is 0 Å². The quantitative estimate of drug-likeness (QED) is 0.786. The molecule has 4 nitrogen and oxygen atoms in total. The number of hydrogen-bond acceptors (Lipinski definition) is 3. The number of aromatic nitrogens is 1. The molecule has 0 saturated heterocycles. The zero-order valence-electron chi connectivity index (χ0n) is 14.0. The molecule has 1 aliphatic rings. The minimum atomic E-state index is -0.868. The van der Waals surface area contributed by atoms with E-state index >= 15 is 0 Å². The zero-order chi connectivity index (χ0) is 18.1. The van der Waals surface area contributed by atoms with Crippen LogP contribution in [-0.2, 0) is 18.4 Å². The van der Waals surface area contributed by atoms with Crippen LogP contribution in [0.15, 0.2) is 66.9 Å². The number of carbonyl (C=O) groups is 1. The van der Waals surface area contributed by atoms with Crippen molar-refractivity contribution in [1.82, 2.24) is 4.98 Å². The number of rotatable bonds is 4. The van der Waals surface area contributed by atoms with E-state index in [1.165, 1.54) is 12.1 Å². The van der Waals surface area contributed by atoms with Crippen LogP contribution in [0.3, 0.4) is 0 Å². The van der Waals surface area contributed by atoms with Gasteiger partial charge in [-0.1, -0.05) is 24.3 Å². The van der Waals surface area contributed by atoms with Crippen molar-refractivity contribution in [3.05, 3.63) is 95.1 Å². The van der Waals surface area contributed by atoms with Gasteiger partial charge in [-0.15, -0.1) is 0 Å². The third-order valence-corrected chi connectivity index (χ3v) is 4.70. The summed E-state index contributed by atoms with van der Waals surface area (Å²) < 4.78 is 19.6. The number of nitrogens with two attached hydrogens (primary N) is 1. The first-order valence-electron chi connectivity index (χ1n) is 8.34. The normalized spacial score (nSPS) is 14.7. The molecule has 0 atom stereocenters. The number of amides is 1. The number of ether oxygens (including phenoxy) is 1. The molecule has 1 amide bonds. The van der Waals surface area contributed by atoms with E-state index in [0.717, 1.165) is 11.1 Å². The van der Waals surface area contributed by atoms with Gasteiger partial charge in [-0.3, -0.25) is 9.78 Å². The van der Waals surface area contributed by atoms with Gasteiger partial charge >= 0.3 is 0 Å². The first-order chi connectivity index (χ1) is 12.6. The predicted octanol–water partition coefficient (Wildman–Crippen LogP) is 3.39. The standard InChI is InChI=1S/C21H17FN2O2/c22-16-7-9-17(10-8-16)26-21(12-14-4-1-2-5-15(14)13-21)19-18(20(23)25)6-3-11-24-19/h1-11H,12-13H2,(H2,23,25). The number of fused-ring (bicyclic) bond motifs is 1. The summed E-state index contributed by atoms with van der Waals surface area (Å²) in [5.41, 5.74) is 7.82. The van der Waals surface area contributed by atoms with Crippen molar-refractivity contribution < 1.29 is 13.9 Å². The molecule has 0 unspecified atom stereocenters. The number of nitrogens with zero attached hydrogens (tertiary/aromatic N) is 1. The molecule has 4 rings (SSSR count). The van der Waals surface area contributed by atoms with Crippen molar-refractivity contribution in [1.29, 1.82) is 0 Å². The maximum absolute atomic E-state index is 13.3. The SMILES string of the molecule is NC(=O)c1cccnc1C1(Oc2ccc(F)cc2)Cc2ccccc2C1. The Kier molecular flexibility index (Phi) is 3.92. The molecule has 5 heteroatoms. The van der Waals surface area contributed by atoms with E-state index in [1.807, 2.05) is 24.3 Å². The predicted molar refractivity (Wildman–Crippen MR) is 95.3 cm³/mol. The first-order valence-corrected chi connectivity index (χ1v) is 8.34. The lowest BCUT2D eigenvalue weighted by Gasteiger charge is -2.31. The molecule has 3 aromatic rings. The average molecular weight is 348 g/mol. The Labute approximate surface area is 150 Å². The summed E-state index contributed by atoms with van der Waals surface area (Å²) in [6.07, 6.45) is 2.73. The number of pyridine rings is 1. The summed E-state index contributed by atoms with van der Waals surface area (Å²) in [5, 5.41) is 0. The number of halogens is 1. The first kappa shape index (κ1) is 16.3. The molecule has 0 fully saturated rings. The van der Waals surface area contributed by atoms with E-state index in [-0.39, 0.29) is 5.82 Å². The number of hydrogen-bond donors (Lipinski definition) is 1.